The van der Waals surface area contributed by atoms with Gasteiger partial charge in [0.2, 0.25) is 5.90 Å². The van der Waals surface area contributed by atoms with Gasteiger partial charge in [0, 0.05) is 52.6 Å². The first-order chi connectivity index (χ1) is 23.4. The van der Waals surface area contributed by atoms with Crippen molar-refractivity contribution in [2.24, 2.45) is 10.1 Å². The molecule has 0 fully saturated rings. The van der Waals surface area contributed by atoms with Crippen LogP contribution in [0.15, 0.2) is 106 Å². The number of nitrogens with one attached hydrogen (secondary N) is 1. The minimum Gasteiger partial charge on any atom is -0.497 e. The molecular weight excluding hydrogens is 678 g/mol. The fourth-order valence-electron chi connectivity index (χ4n) is 5.53. The maximum absolute atomic E-state index is 14.7. The van der Waals surface area contributed by atoms with Crippen molar-refractivity contribution in [2.75, 3.05) is 27.4 Å². The largest absolute Gasteiger partial charge is 0.497 e. The number of halogens is 1. The molecule has 1 aliphatic rings. The molecule has 4 aromatic rings. The highest BCUT2D eigenvalue weighted by Crippen LogP contribution is 2.43. The molecule has 48 heavy (non-hydrogen) atoms. The van der Waals surface area contributed by atoms with Crippen molar-refractivity contribution in [1.29, 1.82) is 0 Å². The van der Waals surface area contributed by atoms with E-state index in [4.69, 9.17) is 34.6 Å². The van der Waals surface area contributed by atoms with Gasteiger partial charge in [-0.1, -0.05) is 57.4 Å². The minimum absolute atomic E-state index is 0.0432. The van der Waals surface area contributed by atoms with E-state index in [1.54, 1.807) is 32.4 Å². The fraction of sp³-hybridized carbons (Fsp3) is 0.278. The SMILES string of the molecule is COc1ccc(CNC(=O)[C@]2(Cc3ccccc3CN=[N+]=[N-])N=C(c3ccc(OCCCO)cc3)O[C@@H]2c2ccc(Br)cc2)c(OC)c1. The quantitative estimate of drug-likeness (QED) is 0.0596. The summed E-state index contributed by atoms with van der Waals surface area (Å²) in [7, 11) is 3.14. The van der Waals surface area contributed by atoms with E-state index in [1.165, 1.54) is 0 Å². The Kier molecular flexibility index (Phi) is 11.6. The summed E-state index contributed by atoms with van der Waals surface area (Å²) in [6.07, 6.45) is -0.137. The average molecular weight is 715 g/mol. The number of azide groups is 1. The van der Waals surface area contributed by atoms with E-state index in [2.05, 4.69) is 31.3 Å². The molecule has 1 aliphatic heterocycles. The van der Waals surface area contributed by atoms with Gasteiger partial charge in [0.25, 0.3) is 5.91 Å². The summed E-state index contributed by atoms with van der Waals surface area (Å²) in [5, 5.41) is 16.0. The lowest BCUT2D eigenvalue weighted by atomic mass is 9.81. The first kappa shape index (κ1) is 34.3. The first-order valence-corrected chi connectivity index (χ1v) is 16.1. The predicted octanol–water partition coefficient (Wildman–Crippen LogP) is 6.85. The van der Waals surface area contributed by atoms with Crippen LogP contribution in [0.4, 0.5) is 0 Å². The zero-order valence-electron chi connectivity index (χ0n) is 26.6. The van der Waals surface area contributed by atoms with E-state index >= 15 is 0 Å². The Morgan fingerprint density at radius 1 is 1.00 bits per heavy atom. The average Bonchev–Trinajstić information content (AvgIpc) is 3.51. The zero-order chi connectivity index (χ0) is 33.9. The van der Waals surface area contributed by atoms with Crippen LogP contribution >= 0.6 is 15.9 Å². The summed E-state index contributed by atoms with van der Waals surface area (Å²) < 4.78 is 24.2. The molecule has 0 aliphatic carbocycles. The van der Waals surface area contributed by atoms with Gasteiger partial charge in [-0.25, -0.2) is 4.99 Å². The molecule has 0 aromatic heterocycles. The molecule has 1 amide bonds. The minimum atomic E-state index is -1.47. The van der Waals surface area contributed by atoms with Crippen LogP contribution in [0, 0.1) is 0 Å². The molecule has 0 spiro atoms. The number of aliphatic hydroxyl groups is 1. The highest BCUT2D eigenvalue weighted by Gasteiger charge is 2.53. The Balaban J connectivity index is 1.59. The van der Waals surface area contributed by atoms with Gasteiger partial charge in [-0.3, -0.25) is 4.79 Å². The second kappa shape index (κ2) is 16.2. The van der Waals surface area contributed by atoms with Crippen molar-refractivity contribution in [1.82, 2.24) is 5.32 Å². The zero-order valence-corrected chi connectivity index (χ0v) is 28.2. The number of carbonyl (C=O) groups excluding carboxylic acids is 1. The Labute approximate surface area is 287 Å². The predicted molar refractivity (Wildman–Crippen MR) is 185 cm³/mol. The number of nitrogens with zero attached hydrogens (tertiary/aromatic N) is 4. The summed E-state index contributed by atoms with van der Waals surface area (Å²) in [4.78, 5) is 22.8. The van der Waals surface area contributed by atoms with Gasteiger partial charge in [0.15, 0.2) is 11.6 Å². The summed E-state index contributed by atoms with van der Waals surface area (Å²) >= 11 is 3.52. The van der Waals surface area contributed by atoms with Crippen molar-refractivity contribution in [2.45, 2.75) is 37.6 Å². The highest BCUT2D eigenvalue weighted by molar-refractivity contribution is 9.10. The number of ether oxygens (including phenoxy) is 4. The van der Waals surface area contributed by atoms with E-state index in [-0.39, 0.29) is 32.0 Å². The first-order valence-electron chi connectivity index (χ1n) is 15.3. The molecular formula is C36H36BrN5O6. The molecule has 0 bridgehead atoms. The number of amides is 1. The number of benzene rings is 4. The number of rotatable bonds is 15. The number of hydrogen-bond acceptors (Lipinski definition) is 8. The molecule has 0 saturated carbocycles. The standard InChI is InChI=1S/C36H36BrN5O6/c1-45-31-17-12-28(32(20-31)46-2)22-39-35(44)36(21-26-6-3-4-7-27(26)23-40-42-38)33(24-8-13-29(37)14-9-24)48-34(41-36)25-10-15-30(16-11-25)47-19-5-18-43/h3-4,6-17,20,33,43H,5,18-19,21-23H2,1-2H3,(H,39,44)/t33-,36-/m1/s1. The van der Waals surface area contributed by atoms with Crippen LogP contribution in [0.3, 0.4) is 0 Å². The molecule has 1 heterocycles. The van der Waals surface area contributed by atoms with Crippen LogP contribution in [0.25, 0.3) is 10.4 Å². The van der Waals surface area contributed by atoms with Gasteiger partial charge in [-0.05, 0) is 70.8 Å². The lowest BCUT2D eigenvalue weighted by molar-refractivity contribution is -0.129. The molecule has 12 heteroatoms. The number of carbonyl (C=O) groups is 1. The Bertz CT molecular complexity index is 1790. The van der Waals surface area contributed by atoms with E-state index in [9.17, 15) is 4.79 Å². The van der Waals surface area contributed by atoms with Crippen LogP contribution in [0.2, 0.25) is 0 Å². The van der Waals surface area contributed by atoms with Crippen molar-refractivity contribution in [3.8, 4) is 17.2 Å². The lowest BCUT2D eigenvalue weighted by Crippen LogP contribution is -2.49. The summed E-state index contributed by atoms with van der Waals surface area (Å²) in [5.41, 5.74) is 11.3. The third-order valence-electron chi connectivity index (χ3n) is 8.02. The van der Waals surface area contributed by atoms with Gasteiger partial charge in [-0.2, -0.15) is 0 Å². The maximum atomic E-state index is 14.7. The fourth-order valence-corrected chi connectivity index (χ4v) is 5.79. The smallest absolute Gasteiger partial charge is 0.252 e. The van der Waals surface area contributed by atoms with Crippen LogP contribution in [0.1, 0.15) is 40.3 Å². The lowest BCUT2D eigenvalue weighted by Gasteiger charge is -2.31. The number of aliphatic hydroxyl groups excluding tert-OH is 1. The van der Waals surface area contributed by atoms with Crippen molar-refractivity contribution in [3.63, 3.8) is 0 Å². The van der Waals surface area contributed by atoms with Crippen molar-refractivity contribution in [3.05, 3.63) is 134 Å². The topological polar surface area (TPSA) is 147 Å². The maximum Gasteiger partial charge on any atom is 0.252 e. The molecule has 0 saturated heterocycles. The van der Waals surface area contributed by atoms with Crippen LogP contribution in [-0.2, 0) is 29.0 Å². The van der Waals surface area contributed by atoms with Crippen molar-refractivity contribution < 1.29 is 28.8 Å². The van der Waals surface area contributed by atoms with Gasteiger partial charge in [-0.15, -0.1) is 0 Å². The molecule has 11 nitrogen and oxygen atoms in total. The molecule has 5 rings (SSSR count). The molecule has 0 radical (unpaired) electrons. The third kappa shape index (κ3) is 7.91. The molecule has 0 unspecified atom stereocenters. The van der Waals surface area contributed by atoms with Gasteiger partial charge in [0.05, 0.1) is 27.4 Å². The number of aliphatic imine (C=N–C) groups is 1. The molecule has 4 aromatic carbocycles. The van der Waals surface area contributed by atoms with Crippen LogP contribution < -0.4 is 19.5 Å². The summed E-state index contributed by atoms with van der Waals surface area (Å²) in [6.45, 7) is 0.704. The van der Waals surface area contributed by atoms with Crippen molar-refractivity contribution >= 4 is 27.7 Å². The third-order valence-corrected chi connectivity index (χ3v) is 8.55. The Hall–Kier alpha value is -5.03. The molecule has 248 valence electrons. The van der Waals surface area contributed by atoms with Crippen LogP contribution in [0.5, 0.6) is 17.2 Å². The number of hydrogen-bond donors (Lipinski definition) is 2. The number of methoxy groups -OCH3 is 2. The van der Waals surface area contributed by atoms with E-state index < -0.39 is 11.6 Å². The van der Waals surface area contributed by atoms with Gasteiger partial charge < -0.3 is 29.4 Å². The molecule has 2 atom stereocenters. The van der Waals surface area contributed by atoms with E-state index in [0.717, 1.165) is 26.7 Å². The Morgan fingerprint density at radius 3 is 2.42 bits per heavy atom. The van der Waals surface area contributed by atoms with Crippen LogP contribution in [-0.4, -0.2) is 49.9 Å². The van der Waals surface area contributed by atoms with Gasteiger partial charge in [0.1, 0.15) is 17.2 Å². The van der Waals surface area contributed by atoms with E-state index in [0.29, 0.717) is 41.7 Å². The Morgan fingerprint density at radius 2 is 1.73 bits per heavy atom. The summed E-state index contributed by atoms with van der Waals surface area (Å²) in [5.74, 6) is 1.79. The second-order valence-electron chi connectivity index (χ2n) is 11.0. The second-order valence-corrected chi connectivity index (χ2v) is 12.0. The monoisotopic (exact) mass is 713 g/mol. The van der Waals surface area contributed by atoms with E-state index in [1.807, 2.05) is 72.8 Å². The van der Waals surface area contributed by atoms with Gasteiger partial charge >= 0.3 is 0 Å². The normalized spacial score (nSPS) is 16.7. The highest BCUT2D eigenvalue weighted by atomic mass is 79.9. The molecule has 2 N–H and O–H groups in total. The summed E-state index contributed by atoms with van der Waals surface area (Å²) in [6, 6.07) is 27.8.